The van der Waals surface area contributed by atoms with E-state index >= 15 is 0 Å². The number of anilines is 4. The molecule has 0 aromatic carbocycles. The van der Waals surface area contributed by atoms with Gasteiger partial charge in [0, 0.05) is 40.3 Å². The zero-order valence-corrected chi connectivity index (χ0v) is 17.4. The molecule has 9 heteroatoms. The van der Waals surface area contributed by atoms with Crippen LogP contribution in [0.4, 0.5) is 23.5 Å². The normalized spacial score (nSPS) is 15.1. The van der Waals surface area contributed by atoms with Crippen LogP contribution in [-0.2, 0) is 4.74 Å². The Morgan fingerprint density at radius 2 is 1.54 bits per heavy atom. The third-order valence-corrected chi connectivity index (χ3v) is 4.90. The molecule has 3 heterocycles. The molecule has 1 aliphatic heterocycles. The first kappa shape index (κ1) is 20.3. The van der Waals surface area contributed by atoms with E-state index in [2.05, 4.69) is 44.7 Å². The van der Waals surface area contributed by atoms with Crippen LogP contribution in [-0.4, -0.2) is 66.4 Å². The average Bonchev–Trinajstić information content (AvgIpc) is 2.75. The van der Waals surface area contributed by atoms with Crippen molar-refractivity contribution >= 4 is 34.6 Å². The number of hydrogen-bond donors (Lipinski definition) is 3. The van der Waals surface area contributed by atoms with Gasteiger partial charge in [-0.05, 0) is 25.7 Å². The van der Waals surface area contributed by atoms with Crippen LogP contribution in [0, 0.1) is 0 Å². The van der Waals surface area contributed by atoms with Gasteiger partial charge in [0.25, 0.3) is 0 Å². The molecule has 0 atom stereocenters. The number of hydrogen-bond acceptors (Lipinski definition) is 9. The molecule has 1 saturated heterocycles. The van der Waals surface area contributed by atoms with Gasteiger partial charge in [-0.15, -0.1) is 0 Å². The zero-order chi connectivity index (χ0) is 19.9. The van der Waals surface area contributed by atoms with E-state index in [0.717, 1.165) is 80.5 Å². The first-order valence-corrected chi connectivity index (χ1v) is 10.2. The molecule has 0 bridgehead atoms. The summed E-state index contributed by atoms with van der Waals surface area (Å²) in [5.74, 6) is 2.78. The van der Waals surface area contributed by atoms with E-state index in [1.54, 1.807) is 7.11 Å². The molecule has 9 nitrogen and oxygen atoms in total. The van der Waals surface area contributed by atoms with Crippen LogP contribution in [0.15, 0.2) is 0 Å². The van der Waals surface area contributed by atoms with E-state index in [0.29, 0.717) is 12.1 Å². The van der Waals surface area contributed by atoms with Gasteiger partial charge in [0.15, 0.2) is 11.6 Å². The summed E-state index contributed by atoms with van der Waals surface area (Å²) >= 11 is 0. The van der Waals surface area contributed by atoms with Gasteiger partial charge in [-0.25, -0.2) is 9.97 Å². The van der Waals surface area contributed by atoms with Crippen LogP contribution in [0.3, 0.4) is 0 Å². The summed E-state index contributed by atoms with van der Waals surface area (Å²) in [6, 6.07) is 0. The number of fused-ring (bicyclic) bond motifs is 1. The first-order chi connectivity index (χ1) is 13.7. The number of rotatable bonds is 9. The van der Waals surface area contributed by atoms with E-state index < -0.39 is 0 Å². The minimum absolute atomic E-state index is 0.317. The maximum atomic E-state index is 5.49. The Bertz CT molecular complexity index is 776. The van der Waals surface area contributed by atoms with Crippen LogP contribution < -0.4 is 20.9 Å². The smallest absolute Gasteiger partial charge is 0.228 e. The molecule has 1 aliphatic rings. The third kappa shape index (κ3) is 4.52. The lowest BCUT2D eigenvalue weighted by atomic mass is 10.1. The zero-order valence-electron chi connectivity index (χ0n) is 17.4. The number of aromatic nitrogens is 4. The molecule has 28 heavy (non-hydrogen) atoms. The van der Waals surface area contributed by atoms with Gasteiger partial charge in [0.1, 0.15) is 11.0 Å². The summed E-state index contributed by atoms with van der Waals surface area (Å²) < 4.78 is 5.49. The molecule has 3 rings (SSSR count). The topological polar surface area (TPSA) is 100 Å². The highest BCUT2D eigenvalue weighted by Crippen LogP contribution is 2.29. The van der Waals surface area contributed by atoms with Gasteiger partial charge < -0.3 is 25.6 Å². The van der Waals surface area contributed by atoms with Crippen molar-refractivity contribution < 1.29 is 4.74 Å². The maximum absolute atomic E-state index is 5.49. The number of nitrogens with zero attached hydrogens (tertiary/aromatic N) is 5. The number of methoxy groups -OCH3 is 1. The lowest BCUT2D eigenvalue weighted by Crippen LogP contribution is -2.37. The average molecular weight is 389 g/mol. The summed E-state index contributed by atoms with van der Waals surface area (Å²) in [5.41, 5.74) is 1.49. The lowest BCUT2D eigenvalue weighted by Gasteiger charge is -2.31. The molecule has 0 aliphatic carbocycles. The van der Waals surface area contributed by atoms with Crippen LogP contribution in [0.5, 0.6) is 0 Å². The Balaban J connectivity index is 2.04. The molecule has 2 aromatic rings. The molecule has 1 fully saturated rings. The number of piperidine rings is 1. The van der Waals surface area contributed by atoms with E-state index in [1.807, 2.05) is 7.05 Å². The molecule has 0 saturated carbocycles. The van der Waals surface area contributed by atoms with E-state index in [1.165, 1.54) is 0 Å². The summed E-state index contributed by atoms with van der Waals surface area (Å²) in [6.07, 6.45) is 4.28. The molecule has 2 aromatic heterocycles. The van der Waals surface area contributed by atoms with E-state index in [4.69, 9.17) is 14.7 Å². The molecular weight excluding hydrogens is 356 g/mol. The molecule has 0 amide bonds. The van der Waals surface area contributed by atoms with Gasteiger partial charge in [0.2, 0.25) is 11.9 Å². The first-order valence-electron chi connectivity index (χ1n) is 10.2. The van der Waals surface area contributed by atoms with Crippen molar-refractivity contribution in [2.24, 2.45) is 0 Å². The van der Waals surface area contributed by atoms with E-state index in [-0.39, 0.29) is 0 Å². The minimum Gasteiger partial charge on any atom is -0.381 e. The maximum Gasteiger partial charge on any atom is 0.228 e. The standard InChI is InChI=1S/C19H32N8O/c1-5-9-21-16-15-14(23-18(20-3)25-16)17(22-10-6-2)26-19(24-15)27-11-7-13(28-4)8-12-27/h13H,5-12H2,1-4H3,(H,22,24,26)(H2,20,21,23,25). The van der Waals surface area contributed by atoms with Crippen LogP contribution in [0.25, 0.3) is 11.0 Å². The van der Waals surface area contributed by atoms with Crippen molar-refractivity contribution in [1.82, 2.24) is 19.9 Å². The number of nitrogens with one attached hydrogen (secondary N) is 3. The fraction of sp³-hybridized carbons (Fsp3) is 0.684. The Hall–Kier alpha value is -2.42. The van der Waals surface area contributed by atoms with Gasteiger partial charge in [-0.2, -0.15) is 9.97 Å². The van der Waals surface area contributed by atoms with Crippen LogP contribution in [0.2, 0.25) is 0 Å². The van der Waals surface area contributed by atoms with Crippen LogP contribution in [0.1, 0.15) is 39.5 Å². The highest BCUT2D eigenvalue weighted by molar-refractivity contribution is 5.94. The quantitative estimate of drug-likeness (QED) is 0.598. The van der Waals surface area contributed by atoms with Crippen molar-refractivity contribution in [2.45, 2.75) is 45.6 Å². The Morgan fingerprint density at radius 3 is 2.11 bits per heavy atom. The van der Waals surface area contributed by atoms with Crippen molar-refractivity contribution in [3.8, 4) is 0 Å². The number of ether oxygens (including phenoxy) is 1. The van der Waals surface area contributed by atoms with Gasteiger partial charge in [0.05, 0.1) is 6.10 Å². The highest BCUT2D eigenvalue weighted by atomic mass is 16.5. The summed E-state index contributed by atoms with van der Waals surface area (Å²) in [6.45, 7) is 7.67. The van der Waals surface area contributed by atoms with Crippen molar-refractivity contribution in [1.29, 1.82) is 0 Å². The third-order valence-electron chi connectivity index (χ3n) is 4.90. The Kier molecular flexibility index (Phi) is 7.02. The fourth-order valence-electron chi connectivity index (χ4n) is 3.28. The second kappa shape index (κ2) is 9.68. The summed E-state index contributed by atoms with van der Waals surface area (Å²) in [5, 5.41) is 9.86. The molecule has 0 radical (unpaired) electrons. The summed E-state index contributed by atoms with van der Waals surface area (Å²) in [4.78, 5) is 21.2. The predicted octanol–water partition coefficient (Wildman–Crippen LogP) is 2.72. The Labute approximate surface area is 166 Å². The van der Waals surface area contributed by atoms with Crippen molar-refractivity contribution in [2.75, 3.05) is 61.2 Å². The van der Waals surface area contributed by atoms with Gasteiger partial charge >= 0.3 is 0 Å². The second-order valence-corrected chi connectivity index (χ2v) is 6.99. The minimum atomic E-state index is 0.317. The molecule has 0 spiro atoms. The molecular formula is C19H32N8O. The largest absolute Gasteiger partial charge is 0.381 e. The van der Waals surface area contributed by atoms with E-state index in [9.17, 15) is 0 Å². The SMILES string of the molecule is CCCNc1nc(N2CCC(OC)CC2)nc2c(NCCC)nc(NC)nc12. The Morgan fingerprint density at radius 1 is 0.929 bits per heavy atom. The van der Waals surface area contributed by atoms with Gasteiger partial charge in [-0.3, -0.25) is 0 Å². The van der Waals surface area contributed by atoms with Crippen molar-refractivity contribution in [3.05, 3.63) is 0 Å². The van der Waals surface area contributed by atoms with Crippen LogP contribution >= 0.6 is 0 Å². The molecule has 154 valence electrons. The summed E-state index contributed by atoms with van der Waals surface area (Å²) in [7, 11) is 3.60. The second-order valence-electron chi connectivity index (χ2n) is 6.99. The fourth-order valence-corrected chi connectivity index (χ4v) is 3.28. The molecule has 3 N–H and O–H groups in total. The van der Waals surface area contributed by atoms with Gasteiger partial charge in [-0.1, -0.05) is 13.8 Å². The van der Waals surface area contributed by atoms with Crippen molar-refractivity contribution in [3.63, 3.8) is 0 Å². The lowest BCUT2D eigenvalue weighted by molar-refractivity contribution is 0.0817. The molecule has 0 unspecified atom stereocenters. The monoisotopic (exact) mass is 388 g/mol. The predicted molar refractivity (Wildman–Crippen MR) is 114 cm³/mol. The highest BCUT2D eigenvalue weighted by Gasteiger charge is 2.23.